The van der Waals surface area contributed by atoms with Gasteiger partial charge in [-0.15, -0.1) is 0 Å². The summed E-state index contributed by atoms with van der Waals surface area (Å²) in [5.74, 6) is -1.01. The Bertz CT molecular complexity index is 1240. The quantitative estimate of drug-likeness (QED) is 0.571. The third kappa shape index (κ3) is 4.97. The van der Waals surface area contributed by atoms with Gasteiger partial charge in [0.1, 0.15) is 5.82 Å². The van der Waals surface area contributed by atoms with E-state index in [1.54, 1.807) is 17.0 Å². The van der Waals surface area contributed by atoms with Crippen molar-refractivity contribution in [3.05, 3.63) is 82.9 Å². The van der Waals surface area contributed by atoms with Crippen LogP contribution in [0.2, 0.25) is 0 Å². The molecule has 0 spiro atoms. The number of urea groups is 1. The maximum atomic E-state index is 14.5. The van der Waals surface area contributed by atoms with Crippen molar-refractivity contribution in [1.82, 2.24) is 20.0 Å². The number of carbonyl (C=O) groups excluding carboxylic acids is 2. The summed E-state index contributed by atoms with van der Waals surface area (Å²) in [5.41, 5.74) is 3.31. The summed E-state index contributed by atoms with van der Waals surface area (Å²) >= 11 is 0. The van der Waals surface area contributed by atoms with Crippen molar-refractivity contribution in [2.45, 2.75) is 38.5 Å². The Morgan fingerprint density at radius 1 is 1.17 bits per heavy atom. The van der Waals surface area contributed by atoms with Crippen LogP contribution in [0.5, 0.6) is 0 Å². The second-order valence-electron chi connectivity index (χ2n) is 9.19. The Balaban J connectivity index is 1.38. The molecular weight excluding hydrogens is 461 g/mol. The number of halogens is 1. The van der Waals surface area contributed by atoms with Gasteiger partial charge in [-0.1, -0.05) is 30.3 Å². The van der Waals surface area contributed by atoms with Gasteiger partial charge >= 0.3 is 6.03 Å². The molecule has 1 saturated heterocycles. The van der Waals surface area contributed by atoms with Gasteiger partial charge < -0.3 is 19.9 Å². The first-order valence-electron chi connectivity index (χ1n) is 12.3. The molecule has 5 rings (SSSR count). The maximum Gasteiger partial charge on any atom is 0.317 e. The summed E-state index contributed by atoms with van der Waals surface area (Å²) in [7, 11) is 1.88. The second-order valence-corrected chi connectivity index (χ2v) is 9.19. The van der Waals surface area contributed by atoms with Gasteiger partial charge in [0.05, 0.1) is 30.5 Å². The smallest absolute Gasteiger partial charge is 0.317 e. The summed E-state index contributed by atoms with van der Waals surface area (Å²) in [4.78, 5) is 29.7. The van der Waals surface area contributed by atoms with Gasteiger partial charge in [0.15, 0.2) is 0 Å². The van der Waals surface area contributed by atoms with E-state index < -0.39 is 11.7 Å². The minimum atomic E-state index is -0.569. The van der Waals surface area contributed by atoms with Gasteiger partial charge in [0, 0.05) is 50.1 Å². The molecule has 2 aliphatic rings. The molecule has 3 heterocycles. The molecule has 1 N–H and O–H groups in total. The number of nitrogens with zero attached hydrogens (tertiary/aromatic N) is 4. The monoisotopic (exact) mass is 491 g/mol. The number of benzene rings is 2. The zero-order valence-electron chi connectivity index (χ0n) is 20.3. The standard InChI is InChI=1S/C27H30FN5O3/c1-31-25-13-14-32(27(35)29-16-20-10-7-15-36-20)17-22(25)24(30-31)18-33(19-8-3-2-4-9-19)26(34)21-11-5-6-12-23(21)28/h2-6,8-9,11-12,20H,7,10,13-18H2,1H3,(H,29,35)/t20-/m1/s1. The SMILES string of the molecule is Cn1nc(CN(C(=O)c2ccccc2F)c2ccccc2)c2c1CCN(C(=O)NC[C@H]1CCCO1)C2. The lowest BCUT2D eigenvalue weighted by molar-refractivity contribution is 0.0980. The number of hydrogen-bond acceptors (Lipinski definition) is 4. The van der Waals surface area contributed by atoms with E-state index in [0.717, 1.165) is 30.7 Å². The van der Waals surface area contributed by atoms with Crippen molar-refractivity contribution >= 4 is 17.6 Å². The number of aryl methyl sites for hydroxylation is 1. The molecule has 3 aromatic rings. The molecule has 2 aliphatic heterocycles. The Morgan fingerprint density at radius 2 is 1.94 bits per heavy atom. The van der Waals surface area contributed by atoms with Crippen molar-refractivity contribution in [2.75, 3.05) is 24.6 Å². The lowest BCUT2D eigenvalue weighted by Gasteiger charge is -2.29. The fraction of sp³-hybridized carbons (Fsp3) is 0.370. The fourth-order valence-corrected chi connectivity index (χ4v) is 4.91. The topological polar surface area (TPSA) is 79.7 Å². The average Bonchev–Trinajstić information content (AvgIpc) is 3.54. The molecule has 9 heteroatoms. The van der Waals surface area contributed by atoms with Crippen LogP contribution in [0.3, 0.4) is 0 Å². The number of nitrogens with one attached hydrogen (secondary N) is 1. The summed E-state index contributed by atoms with van der Waals surface area (Å²) < 4.78 is 22.0. The third-order valence-electron chi connectivity index (χ3n) is 6.84. The highest BCUT2D eigenvalue weighted by molar-refractivity contribution is 6.06. The van der Waals surface area contributed by atoms with E-state index in [-0.39, 0.29) is 24.2 Å². The molecule has 1 atom stereocenters. The van der Waals surface area contributed by atoms with Crippen LogP contribution in [0.15, 0.2) is 54.6 Å². The van der Waals surface area contributed by atoms with Crippen LogP contribution in [0, 0.1) is 5.82 Å². The number of carbonyl (C=O) groups is 2. The zero-order chi connectivity index (χ0) is 25.1. The lowest BCUT2D eigenvalue weighted by Crippen LogP contribution is -2.45. The van der Waals surface area contributed by atoms with Crippen LogP contribution in [0.4, 0.5) is 14.9 Å². The number of rotatable bonds is 6. The summed E-state index contributed by atoms with van der Waals surface area (Å²) in [6.07, 6.45) is 2.73. The summed E-state index contributed by atoms with van der Waals surface area (Å²) in [6.45, 7) is 2.38. The Morgan fingerprint density at radius 3 is 2.69 bits per heavy atom. The van der Waals surface area contributed by atoms with E-state index in [1.165, 1.54) is 17.0 Å². The Kier molecular flexibility index (Phi) is 6.99. The van der Waals surface area contributed by atoms with Crippen LogP contribution < -0.4 is 10.2 Å². The van der Waals surface area contributed by atoms with Gasteiger partial charge in [-0.3, -0.25) is 9.48 Å². The highest BCUT2D eigenvalue weighted by Gasteiger charge is 2.30. The van der Waals surface area contributed by atoms with Gasteiger partial charge in [-0.2, -0.15) is 5.10 Å². The number of anilines is 1. The predicted molar refractivity (Wildman–Crippen MR) is 133 cm³/mol. The van der Waals surface area contributed by atoms with Crippen LogP contribution in [0.1, 0.15) is 40.2 Å². The number of para-hydroxylation sites is 1. The highest BCUT2D eigenvalue weighted by Crippen LogP contribution is 2.27. The molecular formula is C27H30FN5O3. The molecule has 0 unspecified atom stereocenters. The zero-order valence-corrected chi connectivity index (χ0v) is 20.3. The van der Waals surface area contributed by atoms with E-state index in [4.69, 9.17) is 9.84 Å². The van der Waals surface area contributed by atoms with Crippen LogP contribution in [-0.4, -0.2) is 52.4 Å². The average molecular weight is 492 g/mol. The van der Waals surface area contributed by atoms with E-state index in [1.807, 2.05) is 42.1 Å². The Labute approximate surface area is 209 Å². The van der Waals surface area contributed by atoms with Crippen molar-refractivity contribution in [3.63, 3.8) is 0 Å². The lowest BCUT2D eigenvalue weighted by atomic mass is 10.0. The first kappa shape index (κ1) is 24.0. The summed E-state index contributed by atoms with van der Waals surface area (Å²) in [5, 5.41) is 7.70. The largest absolute Gasteiger partial charge is 0.376 e. The molecule has 0 aliphatic carbocycles. The first-order valence-corrected chi connectivity index (χ1v) is 12.3. The molecule has 36 heavy (non-hydrogen) atoms. The van der Waals surface area contributed by atoms with Crippen molar-refractivity contribution < 1.29 is 18.7 Å². The fourth-order valence-electron chi connectivity index (χ4n) is 4.91. The third-order valence-corrected chi connectivity index (χ3v) is 6.84. The molecule has 8 nitrogen and oxygen atoms in total. The number of amides is 3. The predicted octanol–water partition coefficient (Wildman–Crippen LogP) is 3.65. The molecule has 0 radical (unpaired) electrons. The molecule has 0 saturated carbocycles. The molecule has 0 bridgehead atoms. The van der Waals surface area contributed by atoms with Crippen LogP contribution in [0.25, 0.3) is 0 Å². The van der Waals surface area contributed by atoms with E-state index in [0.29, 0.717) is 37.4 Å². The van der Waals surface area contributed by atoms with Crippen molar-refractivity contribution in [2.24, 2.45) is 7.05 Å². The molecule has 2 aromatic carbocycles. The normalized spacial score (nSPS) is 17.1. The van der Waals surface area contributed by atoms with E-state index >= 15 is 0 Å². The van der Waals surface area contributed by atoms with Gasteiger partial charge in [-0.05, 0) is 37.1 Å². The van der Waals surface area contributed by atoms with Gasteiger partial charge in [0.2, 0.25) is 0 Å². The van der Waals surface area contributed by atoms with E-state index in [9.17, 15) is 14.0 Å². The van der Waals surface area contributed by atoms with Gasteiger partial charge in [0.25, 0.3) is 5.91 Å². The molecule has 188 valence electrons. The first-order chi connectivity index (χ1) is 17.5. The highest BCUT2D eigenvalue weighted by atomic mass is 19.1. The molecule has 1 fully saturated rings. The molecule has 3 amide bonds. The van der Waals surface area contributed by atoms with Crippen LogP contribution in [-0.2, 0) is 31.3 Å². The number of aromatic nitrogens is 2. The minimum absolute atomic E-state index is 0.00119. The van der Waals surface area contributed by atoms with E-state index in [2.05, 4.69) is 5.32 Å². The Hall–Kier alpha value is -3.72. The second kappa shape index (κ2) is 10.5. The van der Waals surface area contributed by atoms with Gasteiger partial charge in [-0.25, -0.2) is 9.18 Å². The maximum absolute atomic E-state index is 14.5. The number of ether oxygens (including phenoxy) is 1. The van der Waals surface area contributed by atoms with Crippen molar-refractivity contribution in [3.8, 4) is 0 Å². The minimum Gasteiger partial charge on any atom is -0.376 e. The van der Waals surface area contributed by atoms with Crippen LogP contribution >= 0.6 is 0 Å². The number of hydrogen-bond donors (Lipinski definition) is 1. The number of fused-ring (bicyclic) bond motifs is 1. The summed E-state index contributed by atoms with van der Waals surface area (Å²) in [6, 6.07) is 15.0. The van der Waals surface area contributed by atoms with Crippen molar-refractivity contribution in [1.29, 1.82) is 0 Å². The molecule has 1 aromatic heterocycles.